The second kappa shape index (κ2) is 4.34. The summed E-state index contributed by atoms with van der Waals surface area (Å²) in [6.07, 6.45) is 5.50. The van der Waals surface area contributed by atoms with Gasteiger partial charge in [0.2, 0.25) is 0 Å². The van der Waals surface area contributed by atoms with Crippen molar-refractivity contribution in [2.75, 3.05) is 5.73 Å². The number of nitrogens with two attached hydrogens (primary N) is 1. The van der Waals surface area contributed by atoms with Crippen LogP contribution >= 0.6 is 11.8 Å². The second-order valence-electron chi connectivity index (χ2n) is 3.98. The lowest BCUT2D eigenvalue weighted by Gasteiger charge is -2.06. The maximum atomic E-state index is 5.94. The van der Waals surface area contributed by atoms with Crippen LogP contribution < -0.4 is 5.73 Å². The number of aryl methyl sites for hydroxylation is 1. The van der Waals surface area contributed by atoms with Crippen LogP contribution in [-0.4, -0.2) is 14.5 Å². The summed E-state index contributed by atoms with van der Waals surface area (Å²) in [7, 11) is 1.98. The number of para-hydroxylation sites is 1. The predicted molar refractivity (Wildman–Crippen MR) is 73.5 cm³/mol. The standard InChI is InChI=1S/C13H12N4S/c1-17-8-7-16-13(17)18-11-5-6-15-12-9(11)3-2-4-10(12)14/h2-8H,14H2,1H3. The largest absolute Gasteiger partial charge is 0.397 e. The highest BCUT2D eigenvalue weighted by molar-refractivity contribution is 7.99. The number of hydrogen-bond donors (Lipinski definition) is 1. The van der Waals surface area contributed by atoms with E-state index in [4.69, 9.17) is 5.73 Å². The number of aromatic nitrogens is 3. The molecule has 0 amide bonds. The number of pyridine rings is 1. The molecule has 2 aromatic heterocycles. The molecular weight excluding hydrogens is 244 g/mol. The van der Waals surface area contributed by atoms with E-state index in [-0.39, 0.29) is 0 Å². The quantitative estimate of drug-likeness (QED) is 0.716. The zero-order chi connectivity index (χ0) is 12.5. The lowest BCUT2D eigenvalue weighted by molar-refractivity contribution is 0.790. The molecule has 0 saturated carbocycles. The number of imidazole rings is 1. The van der Waals surface area contributed by atoms with Crippen molar-refractivity contribution in [3.05, 3.63) is 42.9 Å². The highest BCUT2D eigenvalue weighted by Gasteiger charge is 2.08. The molecule has 1 aromatic carbocycles. The molecule has 0 aliphatic carbocycles. The van der Waals surface area contributed by atoms with E-state index < -0.39 is 0 Å². The number of nitrogen functional groups attached to an aromatic ring is 1. The summed E-state index contributed by atoms with van der Waals surface area (Å²) in [4.78, 5) is 9.75. The van der Waals surface area contributed by atoms with E-state index in [1.165, 1.54) is 0 Å². The third kappa shape index (κ3) is 1.82. The van der Waals surface area contributed by atoms with Crippen molar-refractivity contribution in [2.45, 2.75) is 10.1 Å². The summed E-state index contributed by atoms with van der Waals surface area (Å²) in [5.74, 6) is 0. The number of nitrogens with zero attached hydrogens (tertiary/aromatic N) is 3. The first-order valence-electron chi connectivity index (χ1n) is 5.54. The lowest BCUT2D eigenvalue weighted by atomic mass is 10.2. The highest BCUT2D eigenvalue weighted by atomic mass is 32.2. The van der Waals surface area contributed by atoms with E-state index in [1.807, 2.05) is 42.1 Å². The van der Waals surface area contributed by atoms with Crippen LogP contribution in [0.25, 0.3) is 10.9 Å². The van der Waals surface area contributed by atoms with Gasteiger partial charge >= 0.3 is 0 Å². The maximum Gasteiger partial charge on any atom is 0.172 e. The van der Waals surface area contributed by atoms with Crippen molar-refractivity contribution in [3.8, 4) is 0 Å². The van der Waals surface area contributed by atoms with Crippen LogP contribution in [-0.2, 0) is 7.05 Å². The van der Waals surface area contributed by atoms with Gasteiger partial charge in [0, 0.05) is 35.9 Å². The molecule has 0 bridgehead atoms. The Morgan fingerprint density at radius 2 is 2.06 bits per heavy atom. The molecule has 5 heteroatoms. The Kier molecular flexibility index (Phi) is 2.68. The Labute approximate surface area is 109 Å². The minimum atomic E-state index is 0.704. The summed E-state index contributed by atoms with van der Waals surface area (Å²) in [5.41, 5.74) is 7.48. The molecular formula is C13H12N4S. The summed E-state index contributed by atoms with van der Waals surface area (Å²) >= 11 is 1.62. The fourth-order valence-corrected chi connectivity index (χ4v) is 2.73. The van der Waals surface area contributed by atoms with Crippen molar-refractivity contribution in [3.63, 3.8) is 0 Å². The number of hydrogen-bond acceptors (Lipinski definition) is 4. The monoisotopic (exact) mass is 256 g/mol. The Balaban J connectivity index is 2.13. The molecule has 4 nitrogen and oxygen atoms in total. The van der Waals surface area contributed by atoms with Gasteiger partial charge in [-0.15, -0.1) is 0 Å². The van der Waals surface area contributed by atoms with E-state index in [0.717, 1.165) is 21.0 Å². The van der Waals surface area contributed by atoms with Crippen LogP contribution in [0.5, 0.6) is 0 Å². The molecule has 0 aliphatic rings. The average molecular weight is 256 g/mol. The first kappa shape index (κ1) is 11.1. The molecule has 0 spiro atoms. The van der Waals surface area contributed by atoms with Gasteiger partial charge in [0.05, 0.1) is 11.2 Å². The topological polar surface area (TPSA) is 56.7 Å². The molecule has 18 heavy (non-hydrogen) atoms. The molecule has 0 atom stereocenters. The third-order valence-corrected chi connectivity index (χ3v) is 3.89. The Hall–Kier alpha value is -2.01. The summed E-state index contributed by atoms with van der Waals surface area (Å²) < 4.78 is 1.99. The van der Waals surface area contributed by atoms with E-state index in [0.29, 0.717) is 5.69 Å². The van der Waals surface area contributed by atoms with Crippen molar-refractivity contribution >= 4 is 28.4 Å². The lowest BCUT2D eigenvalue weighted by Crippen LogP contribution is -1.92. The number of anilines is 1. The predicted octanol–water partition coefficient (Wildman–Crippen LogP) is 2.70. The molecule has 3 rings (SSSR count). The molecule has 0 unspecified atom stereocenters. The van der Waals surface area contributed by atoms with Crippen molar-refractivity contribution in [1.82, 2.24) is 14.5 Å². The maximum absolute atomic E-state index is 5.94. The van der Waals surface area contributed by atoms with Crippen molar-refractivity contribution < 1.29 is 0 Å². The number of benzene rings is 1. The molecule has 0 fully saturated rings. The van der Waals surface area contributed by atoms with E-state index in [1.54, 1.807) is 24.2 Å². The van der Waals surface area contributed by atoms with Crippen LogP contribution in [0.4, 0.5) is 5.69 Å². The van der Waals surface area contributed by atoms with Crippen molar-refractivity contribution in [1.29, 1.82) is 0 Å². The van der Waals surface area contributed by atoms with Crippen LogP contribution in [0.15, 0.2) is 52.9 Å². The van der Waals surface area contributed by atoms with E-state index in [2.05, 4.69) is 9.97 Å². The fraction of sp³-hybridized carbons (Fsp3) is 0.0769. The number of fused-ring (bicyclic) bond motifs is 1. The molecule has 0 radical (unpaired) electrons. The van der Waals surface area contributed by atoms with Gasteiger partial charge < -0.3 is 10.3 Å². The zero-order valence-electron chi connectivity index (χ0n) is 9.87. The highest BCUT2D eigenvalue weighted by Crippen LogP contribution is 2.32. The van der Waals surface area contributed by atoms with E-state index in [9.17, 15) is 0 Å². The first-order valence-corrected chi connectivity index (χ1v) is 6.36. The van der Waals surface area contributed by atoms with Crippen LogP contribution in [0.2, 0.25) is 0 Å². The Bertz CT molecular complexity index is 705. The Morgan fingerprint density at radius 1 is 1.17 bits per heavy atom. The Morgan fingerprint density at radius 3 is 2.83 bits per heavy atom. The second-order valence-corrected chi connectivity index (χ2v) is 4.98. The molecule has 2 N–H and O–H groups in total. The SMILES string of the molecule is Cn1ccnc1Sc1ccnc2c(N)cccc12. The van der Waals surface area contributed by atoms with Crippen molar-refractivity contribution in [2.24, 2.45) is 7.05 Å². The van der Waals surface area contributed by atoms with Gasteiger partial charge in [-0.2, -0.15) is 0 Å². The van der Waals surface area contributed by atoms with E-state index >= 15 is 0 Å². The van der Waals surface area contributed by atoms with Gasteiger partial charge in [-0.1, -0.05) is 23.9 Å². The minimum Gasteiger partial charge on any atom is -0.397 e. The fourth-order valence-electron chi connectivity index (χ4n) is 1.81. The van der Waals surface area contributed by atoms with Crippen LogP contribution in [0, 0.1) is 0 Å². The van der Waals surface area contributed by atoms with Crippen LogP contribution in [0.3, 0.4) is 0 Å². The molecule has 0 saturated heterocycles. The van der Waals surface area contributed by atoms with Crippen LogP contribution in [0.1, 0.15) is 0 Å². The number of rotatable bonds is 2. The third-order valence-electron chi connectivity index (χ3n) is 2.74. The minimum absolute atomic E-state index is 0.704. The average Bonchev–Trinajstić information content (AvgIpc) is 2.77. The normalized spacial score (nSPS) is 10.9. The summed E-state index contributed by atoms with van der Waals surface area (Å²) in [5, 5.41) is 2.01. The van der Waals surface area contributed by atoms with Gasteiger partial charge in [0.1, 0.15) is 0 Å². The van der Waals surface area contributed by atoms with Gasteiger partial charge in [0.25, 0.3) is 0 Å². The van der Waals surface area contributed by atoms with Gasteiger partial charge in [0.15, 0.2) is 5.16 Å². The van der Waals surface area contributed by atoms with Gasteiger partial charge in [-0.05, 0) is 12.1 Å². The molecule has 0 aliphatic heterocycles. The smallest absolute Gasteiger partial charge is 0.172 e. The molecule has 2 heterocycles. The summed E-state index contributed by atoms with van der Waals surface area (Å²) in [6, 6.07) is 7.83. The van der Waals surface area contributed by atoms with Gasteiger partial charge in [-0.3, -0.25) is 4.98 Å². The zero-order valence-corrected chi connectivity index (χ0v) is 10.7. The van der Waals surface area contributed by atoms with Gasteiger partial charge in [-0.25, -0.2) is 4.98 Å². The first-order chi connectivity index (χ1) is 8.75. The summed E-state index contributed by atoms with van der Waals surface area (Å²) in [6.45, 7) is 0. The molecule has 90 valence electrons. The molecule has 3 aromatic rings.